The average molecular weight is 366 g/mol. The van der Waals surface area contributed by atoms with Crippen LogP contribution in [0.4, 0.5) is 0 Å². The number of nitrogens with zero attached hydrogens (tertiary/aromatic N) is 1. The molecule has 2 aromatic rings. The van der Waals surface area contributed by atoms with Gasteiger partial charge >= 0.3 is 0 Å². The van der Waals surface area contributed by atoms with Gasteiger partial charge in [-0.05, 0) is 24.5 Å². The third-order valence-electron chi connectivity index (χ3n) is 3.40. The molecule has 0 bridgehead atoms. The van der Waals surface area contributed by atoms with Gasteiger partial charge in [0.1, 0.15) is 11.0 Å². The number of hydrogen-bond acceptors (Lipinski definition) is 5. The van der Waals surface area contributed by atoms with Crippen LogP contribution in [0.3, 0.4) is 0 Å². The van der Waals surface area contributed by atoms with Crippen LogP contribution < -0.4 is 10.6 Å². The second kappa shape index (κ2) is 9.03. The molecule has 1 aromatic carbocycles. The maximum Gasteiger partial charge on any atom is 0.242 e. The van der Waals surface area contributed by atoms with E-state index in [0.717, 1.165) is 15.2 Å². The van der Waals surface area contributed by atoms with E-state index in [0.29, 0.717) is 23.8 Å². The van der Waals surface area contributed by atoms with Gasteiger partial charge in [-0.3, -0.25) is 9.59 Å². The predicted molar refractivity (Wildman–Crippen MR) is 101 cm³/mol. The molecule has 0 aliphatic carbocycles. The summed E-state index contributed by atoms with van der Waals surface area (Å²) in [4.78, 5) is 28.5. The molecule has 1 atom stereocenters. The van der Waals surface area contributed by atoms with Gasteiger partial charge < -0.3 is 10.6 Å². The summed E-state index contributed by atoms with van der Waals surface area (Å²) < 4.78 is 1.16. The van der Waals surface area contributed by atoms with Gasteiger partial charge in [0.05, 0.1) is 16.0 Å². The third-order valence-corrected chi connectivity index (χ3v) is 5.57. The minimum Gasteiger partial charge on any atom is -0.357 e. The van der Waals surface area contributed by atoms with Gasteiger partial charge in [-0.2, -0.15) is 0 Å². The monoisotopic (exact) mass is 365 g/mol. The molecule has 0 aliphatic heterocycles. The maximum absolute atomic E-state index is 12.1. The number of nitrogens with one attached hydrogen (secondary N) is 2. The summed E-state index contributed by atoms with van der Waals surface area (Å²) >= 11 is 3.17. The minimum absolute atomic E-state index is 0.115. The van der Waals surface area contributed by atoms with E-state index in [-0.39, 0.29) is 11.8 Å². The Kier molecular flexibility index (Phi) is 7.05. The fourth-order valence-corrected chi connectivity index (χ4v) is 4.18. The molecule has 0 aliphatic rings. The zero-order chi connectivity index (χ0) is 17.5. The molecule has 0 saturated heterocycles. The highest BCUT2D eigenvalue weighted by molar-refractivity contribution is 7.99. The Morgan fingerprint density at radius 1 is 1.29 bits per heavy atom. The van der Waals surface area contributed by atoms with Crippen molar-refractivity contribution in [2.75, 3.05) is 12.8 Å². The van der Waals surface area contributed by atoms with Crippen LogP contribution in [0, 0.1) is 5.92 Å². The molecule has 0 radical (unpaired) electrons. The van der Waals surface area contributed by atoms with E-state index >= 15 is 0 Å². The molecule has 1 heterocycles. The van der Waals surface area contributed by atoms with Gasteiger partial charge in [0, 0.05) is 12.8 Å². The molecule has 1 aromatic heterocycles. The van der Waals surface area contributed by atoms with Crippen LogP contribution in [0.5, 0.6) is 0 Å². The number of fused-ring (bicyclic) bond motifs is 1. The molecular weight excluding hydrogens is 342 g/mol. The molecule has 2 N–H and O–H groups in total. The maximum atomic E-state index is 12.1. The Labute approximate surface area is 150 Å². The zero-order valence-electron chi connectivity index (χ0n) is 14.2. The molecule has 0 saturated carbocycles. The second-order valence-corrected chi connectivity index (χ2v) is 8.03. The highest BCUT2D eigenvalue weighted by atomic mass is 32.2. The molecule has 5 nitrogen and oxygen atoms in total. The van der Waals surface area contributed by atoms with Crippen molar-refractivity contribution in [2.45, 2.75) is 32.1 Å². The number of hydrogen-bond donors (Lipinski definition) is 2. The summed E-state index contributed by atoms with van der Waals surface area (Å²) in [5.74, 6) is 1.09. The molecule has 0 fully saturated rings. The summed E-state index contributed by atoms with van der Waals surface area (Å²) in [5.41, 5.74) is 0.999. The largest absolute Gasteiger partial charge is 0.357 e. The number of thiazole rings is 1. The number of thioether (sulfide) groups is 1. The summed E-state index contributed by atoms with van der Waals surface area (Å²) in [5, 5.41) is 6.44. The number of benzene rings is 1. The molecular formula is C17H23N3O2S2. The lowest BCUT2D eigenvalue weighted by molar-refractivity contribution is -0.127. The number of carbonyl (C=O) groups excluding carboxylic acids is 2. The van der Waals surface area contributed by atoms with Gasteiger partial charge in [0.2, 0.25) is 11.8 Å². The van der Waals surface area contributed by atoms with Crippen molar-refractivity contribution in [3.05, 3.63) is 29.3 Å². The fourth-order valence-electron chi connectivity index (χ4n) is 2.33. The van der Waals surface area contributed by atoms with Crippen molar-refractivity contribution in [1.29, 1.82) is 0 Å². The number of amides is 2. The first kappa shape index (κ1) is 18.7. The first-order chi connectivity index (χ1) is 11.5. The number of para-hydroxylation sites is 1. The van der Waals surface area contributed by atoms with E-state index < -0.39 is 6.04 Å². The van der Waals surface area contributed by atoms with E-state index in [9.17, 15) is 9.59 Å². The Morgan fingerprint density at radius 2 is 2.04 bits per heavy atom. The minimum atomic E-state index is -0.467. The van der Waals surface area contributed by atoms with Crippen molar-refractivity contribution in [1.82, 2.24) is 15.6 Å². The first-order valence-corrected chi connectivity index (χ1v) is 9.90. The molecule has 2 rings (SSSR count). The SMILES string of the molecule is CNC(=O)[C@H](CC(C)C)NC(=O)CSCc1nc2ccccc2s1. The van der Waals surface area contributed by atoms with E-state index in [1.807, 2.05) is 38.1 Å². The van der Waals surface area contributed by atoms with Crippen LogP contribution in [0.1, 0.15) is 25.3 Å². The standard InChI is InChI=1S/C17H23N3O2S2/c1-11(2)8-13(17(22)18-3)19-15(21)9-23-10-16-20-12-6-4-5-7-14(12)24-16/h4-7,11,13H,8-10H2,1-3H3,(H,18,22)(H,19,21)/t13-/m0/s1. The van der Waals surface area contributed by atoms with Crippen LogP contribution in [0.2, 0.25) is 0 Å². The highest BCUT2D eigenvalue weighted by Crippen LogP contribution is 2.24. The third kappa shape index (κ3) is 5.49. The Morgan fingerprint density at radius 3 is 2.71 bits per heavy atom. The van der Waals surface area contributed by atoms with E-state index in [1.165, 1.54) is 11.8 Å². The summed E-state index contributed by atoms with van der Waals surface area (Å²) in [6, 6.07) is 7.55. The van der Waals surface area contributed by atoms with Crippen LogP contribution in [0.15, 0.2) is 24.3 Å². The summed E-state index contributed by atoms with van der Waals surface area (Å²) in [7, 11) is 1.59. The van der Waals surface area contributed by atoms with Crippen LogP contribution in [-0.2, 0) is 15.3 Å². The lowest BCUT2D eigenvalue weighted by Crippen LogP contribution is -2.47. The molecule has 0 unspecified atom stereocenters. The topological polar surface area (TPSA) is 71.1 Å². The number of carbonyl (C=O) groups is 2. The highest BCUT2D eigenvalue weighted by Gasteiger charge is 2.20. The second-order valence-electron chi connectivity index (χ2n) is 5.93. The van der Waals surface area contributed by atoms with Crippen molar-refractivity contribution in [3.63, 3.8) is 0 Å². The molecule has 24 heavy (non-hydrogen) atoms. The van der Waals surface area contributed by atoms with Crippen LogP contribution in [0.25, 0.3) is 10.2 Å². The van der Waals surface area contributed by atoms with E-state index in [1.54, 1.807) is 18.4 Å². The summed E-state index contributed by atoms with van der Waals surface area (Å²) in [6.07, 6.45) is 0.633. The molecule has 2 amide bonds. The van der Waals surface area contributed by atoms with Gasteiger partial charge in [0.15, 0.2) is 0 Å². The van der Waals surface area contributed by atoms with Crippen molar-refractivity contribution < 1.29 is 9.59 Å². The van der Waals surface area contributed by atoms with E-state index in [4.69, 9.17) is 0 Å². The lowest BCUT2D eigenvalue weighted by atomic mass is 10.0. The lowest BCUT2D eigenvalue weighted by Gasteiger charge is -2.18. The smallest absolute Gasteiger partial charge is 0.242 e. The van der Waals surface area contributed by atoms with Crippen LogP contribution in [-0.4, -0.2) is 35.6 Å². The number of aromatic nitrogens is 1. The number of rotatable bonds is 8. The van der Waals surface area contributed by atoms with Gasteiger partial charge in [0.25, 0.3) is 0 Å². The van der Waals surface area contributed by atoms with Crippen LogP contribution >= 0.6 is 23.1 Å². The van der Waals surface area contributed by atoms with Crippen molar-refractivity contribution >= 4 is 45.1 Å². The number of likely N-dealkylation sites (N-methyl/N-ethyl adjacent to an activating group) is 1. The van der Waals surface area contributed by atoms with Gasteiger partial charge in [-0.25, -0.2) is 4.98 Å². The van der Waals surface area contributed by atoms with Gasteiger partial charge in [-0.15, -0.1) is 23.1 Å². The Balaban J connectivity index is 1.82. The Bertz CT molecular complexity index is 667. The zero-order valence-corrected chi connectivity index (χ0v) is 15.8. The van der Waals surface area contributed by atoms with E-state index in [2.05, 4.69) is 15.6 Å². The quantitative estimate of drug-likeness (QED) is 0.755. The van der Waals surface area contributed by atoms with Gasteiger partial charge in [-0.1, -0.05) is 26.0 Å². The first-order valence-electron chi connectivity index (χ1n) is 7.92. The summed E-state index contributed by atoms with van der Waals surface area (Å²) in [6.45, 7) is 4.06. The Hall–Kier alpha value is -1.60. The molecule has 0 spiro atoms. The average Bonchev–Trinajstić information content (AvgIpc) is 2.95. The van der Waals surface area contributed by atoms with Crippen molar-refractivity contribution in [3.8, 4) is 0 Å². The normalized spacial score (nSPS) is 12.3. The molecule has 130 valence electrons. The predicted octanol–water partition coefficient (Wildman–Crippen LogP) is 2.81. The molecule has 7 heteroatoms. The fraction of sp³-hybridized carbons (Fsp3) is 0.471. The van der Waals surface area contributed by atoms with Crippen molar-refractivity contribution in [2.24, 2.45) is 5.92 Å².